The van der Waals surface area contributed by atoms with Crippen molar-refractivity contribution < 1.29 is 19.2 Å². The van der Waals surface area contributed by atoms with Crippen LogP contribution in [-0.2, 0) is 28.0 Å². The van der Waals surface area contributed by atoms with E-state index in [4.69, 9.17) is 0 Å². The molecule has 5 N–H and O–H groups in total. The molecule has 3 atom stereocenters. The maximum Gasteiger partial charge on any atom is 0.315 e. The van der Waals surface area contributed by atoms with Gasteiger partial charge in [-0.2, -0.15) is 11.8 Å². The number of carbonyl (C=O) groups is 4. The van der Waals surface area contributed by atoms with E-state index >= 15 is 0 Å². The summed E-state index contributed by atoms with van der Waals surface area (Å²) >= 11 is 1.90. The van der Waals surface area contributed by atoms with Crippen molar-refractivity contribution in [1.29, 1.82) is 0 Å². The molecule has 3 rings (SSSR count). The highest BCUT2D eigenvalue weighted by Gasteiger charge is 2.42. The zero-order chi connectivity index (χ0) is 27.9. The first kappa shape index (κ1) is 30.7. The first-order chi connectivity index (χ1) is 18.9. The van der Waals surface area contributed by atoms with E-state index in [1.54, 1.807) is 17.9 Å². The molecule has 1 unspecified atom stereocenters. The Labute approximate surface area is 234 Å². The Balaban J connectivity index is 1.05. The fraction of sp³-hybridized carbons (Fsp3) is 0.769. The summed E-state index contributed by atoms with van der Waals surface area (Å²) < 4.78 is 1.60. The number of urea groups is 1. The lowest BCUT2D eigenvalue weighted by molar-refractivity contribution is -0.122. The fourth-order valence-electron chi connectivity index (χ4n) is 4.83. The summed E-state index contributed by atoms with van der Waals surface area (Å²) in [4.78, 5) is 47.3. The van der Waals surface area contributed by atoms with Crippen LogP contribution in [-0.4, -0.2) is 74.9 Å². The Morgan fingerprint density at radius 3 is 2.13 bits per heavy atom. The molecule has 2 saturated heterocycles. The standard InChI is InChI=1S/C26H44N8O4S/c1-34-17-19(32-33-34)16-29-24(37)12-5-3-9-14-27-22(35)11-4-2-8-15-28-23(36)13-7-6-10-21-25-20(18-39-21)30-26(38)31-25/h17,20-21,25H,2-16,18H2,1H3,(H,27,35)(H,28,36)(H,29,37)(H2,30,31,38)/t20-,21?,25-/m0/s1. The molecule has 218 valence electrons. The lowest BCUT2D eigenvalue weighted by Gasteiger charge is -2.16. The van der Waals surface area contributed by atoms with Gasteiger partial charge in [-0.1, -0.05) is 24.5 Å². The second-order valence-corrected chi connectivity index (χ2v) is 11.6. The van der Waals surface area contributed by atoms with Crippen LogP contribution in [0.1, 0.15) is 82.7 Å². The summed E-state index contributed by atoms with van der Waals surface area (Å²) in [5, 5.41) is 22.9. The Hall–Kier alpha value is -2.83. The zero-order valence-electron chi connectivity index (χ0n) is 23.0. The average molecular weight is 565 g/mol. The van der Waals surface area contributed by atoms with Crippen LogP contribution in [0.5, 0.6) is 0 Å². The Bertz CT molecular complexity index is 943. The number of fused-ring (bicyclic) bond motifs is 1. The van der Waals surface area contributed by atoms with Gasteiger partial charge in [-0.3, -0.25) is 19.1 Å². The van der Waals surface area contributed by atoms with E-state index in [1.165, 1.54) is 0 Å². The molecule has 0 aromatic carbocycles. The van der Waals surface area contributed by atoms with Gasteiger partial charge >= 0.3 is 6.03 Å². The van der Waals surface area contributed by atoms with Crippen molar-refractivity contribution in [3.05, 3.63) is 11.9 Å². The molecule has 13 heteroatoms. The van der Waals surface area contributed by atoms with Crippen molar-refractivity contribution in [1.82, 2.24) is 41.6 Å². The SMILES string of the molecule is Cn1cc(CNC(=O)CCCCCNC(=O)CCCCCNC(=O)CCCCC2SC[C@@H]3NC(=O)N[C@H]23)nn1. The third-order valence-corrected chi connectivity index (χ3v) is 8.51. The molecule has 12 nitrogen and oxygen atoms in total. The Morgan fingerprint density at radius 2 is 1.51 bits per heavy atom. The lowest BCUT2D eigenvalue weighted by Crippen LogP contribution is -2.36. The summed E-state index contributed by atoms with van der Waals surface area (Å²) in [6, 6.07) is 0.419. The van der Waals surface area contributed by atoms with Crippen LogP contribution in [0.2, 0.25) is 0 Å². The molecule has 3 heterocycles. The van der Waals surface area contributed by atoms with Crippen LogP contribution >= 0.6 is 11.8 Å². The van der Waals surface area contributed by atoms with Gasteiger partial charge in [-0.25, -0.2) is 4.79 Å². The number of thioether (sulfide) groups is 1. The first-order valence-corrected chi connectivity index (χ1v) is 15.3. The fourth-order valence-corrected chi connectivity index (χ4v) is 6.38. The number of hydrogen-bond acceptors (Lipinski definition) is 7. The number of carbonyl (C=O) groups excluding carboxylic acids is 4. The summed E-state index contributed by atoms with van der Waals surface area (Å²) in [6.45, 7) is 1.66. The number of unbranched alkanes of at least 4 members (excludes halogenated alkanes) is 5. The molecule has 0 spiro atoms. The molecule has 0 bridgehead atoms. The number of aryl methyl sites for hydroxylation is 1. The van der Waals surface area contributed by atoms with Crippen molar-refractivity contribution >= 4 is 35.5 Å². The van der Waals surface area contributed by atoms with Gasteiger partial charge in [-0.15, -0.1) is 5.10 Å². The van der Waals surface area contributed by atoms with Gasteiger partial charge in [0, 0.05) is 56.6 Å². The molecule has 1 aromatic heterocycles. The normalized spacial score (nSPS) is 19.7. The van der Waals surface area contributed by atoms with Gasteiger partial charge in [0.15, 0.2) is 0 Å². The van der Waals surface area contributed by atoms with Crippen LogP contribution in [0.15, 0.2) is 6.20 Å². The van der Waals surface area contributed by atoms with E-state index < -0.39 is 0 Å². The smallest absolute Gasteiger partial charge is 0.315 e. The van der Waals surface area contributed by atoms with Crippen molar-refractivity contribution in [3.8, 4) is 0 Å². The van der Waals surface area contributed by atoms with Crippen molar-refractivity contribution in [2.24, 2.45) is 7.05 Å². The lowest BCUT2D eigenvalue weighted by atomic mass is 10.0. The number of amides is 5. The van der Waals surface area contributed by atoms with E-state index in [1.807, 2.05) is 11.8 Å². The minimum atomic E-state index is -0.0584. The van der Waals surface area contributed by atoms with E-state index in [2.05, 4.69) is 36.9 Å². The topological polar surface area (TPSA) is 159 Å². The second-order valence-electron chi connectivity index (χ2n) is 10.3. The van der Waals surface area contributed by atoms with E-state index in [-0.39, 0.29) is 35.8 Å². The third kappa shape index (κ3) is 11.8. The predicted octanol–water partition coefficient (Wildman–Crippen LogP) is 1.51. The molecule has 2 fully saturated rings. The highest BCUT2D eigenvalue weighted by atomic mass is 32.2. The van der Waals surface area contributed by atoms with Gasteiger partial charge in [0.05, 0.1) is 18.6 Å². The van der Waals surface area contributed by atoms with Crippen LogP contribution in [0, 0.1) is 0 Å². The van der Waals surface area contributed by atoms with Gasteiger partial charge in [0.25, 0.3) is 0 Å². The molecular weight excluding hydrogens is 520 g/mol. The van der Waals surface area contributed by atoms with E-state index in [0.717, 1.165) is 69.2 Å². The molecule has 2 aliphatic rings. The van der Waals surface area contributed by atoms with Crippen molar-refractivity contribution in [3.63, 3.8) is 0 Å². The first-order valence-electron chi connectivity index (χ1n) is 14.2. The van der Waals surface area contributed by atoms with Crippen LogP contribution < -0.4 is 26.6 Å². The van der Waals surface area contributed by atoms with Crippen molar-refractivity contribution in [2.75, 3.05) is 18.8 Å². The number of nitrogens with zero attached hydrogens (tertiary/aromatic N) is 3. The highest BCUT2D eigenvalue weighted by Crippen LogP contribution is 2.33. The summed E-state index contributed by atoms with van der Waals surface area (Å²) in [5.74, 6) is 1.10. The Morgan fingerprint density at radius 1 is 0.897 bits per heavy atom. The summed E-state index contributed by atoms with van der Waals surface area (Å²) in [7, 11) is 1.78. The summed E-state index contributed by atoms with van der Waals surface area (Å²) in [5.41, 5.74) is 0.734. The molecule has 1 aromatic rings. The quantitative estimate of drug-likeness (QED) is 0.126. The molecule has 5 amide bonds. The maximum atomic E-state index is 12.1. The molecule has 0 radical (unpaired) electrons. The largest absolute Gasteiger partial charge is 0.356 e. The predicted molar refractivity (Wildman–Crippen MR) is 150 cm³/mol. The Kier molecular flexibility index (Phi) is 13.4. The van der Waals surface area contributed by atoms with Crippen LogP contribution in [0.4, 0.5) is 4.79 Å². The van der Waals surface area contributed by atoms with E-state index in [0.29, 0.717) is 44.1 Å². The number of nitrogens with one attached hydrogen (secondary N) is 5. The minimum Gasteiger partial charge on any atom is -0.356 e. The van der Waals surface area contributed by atoms with Crippen LogP contribution in [0.3, 0.4) is 0 Å². The summed E-state index contributed by atoms with van der Waals surface area (Å²) in [6.07, 6.45) is 11.2. The van der Waals surface area contributed by atoms with E-state index in [9.17, 15) is 19.2 Å². The van der Waals surface area contributed by atoms with Gasteiger partial charge in [0.2, 0.25) is 17.7 Å². The molecule has 0 aliphatic carbocycles. The maximum absolute atomic E-state index is 12.1. The molecule has 39 heavy (non-hydrogen) atoms. The minimum absolute atomic E-state index is 0.00315. The molecule has 2 aliphatic heterocycles. The number of aromatic nitrogens is 3. The molecular formula is C26H44N8O4S. The number of rotatable bonds is 19. The highest BCUT2D eigenvalue weighted by molar-refractivity contribution is 8.00. The number of hydrogen-bond donors (Lipinski definition) is 5. The average Bonchev–Trinajstić information content (AvgIpc) is 3.60. The molecule has 0 saturated carbocycles. The monoisotopic (exact) mass is 564 g/mol. The third-order valence-electron chi connectivity index (χ3n) is 7.00. The second kappa shape index (κ2) is 17.0. The van der Waals surface area contributed by atoms with Gasteiger partial charge in [-0.05, 0) is 38.5 Å². The zero-order valence-corrected chi connectivity index (χ0v) is 23.8. The van der Waals surface area contributed by atoms with Gasteiger partial charge in [0.1, 0.15) is 5.69 Å². The van der Waals surface area contributed by atoms with Gasteiger partial charge < -0.3 is 26.6 Å². The van der Waals surface area contributed by atoms with Crippen molar-refractivity contribution in [2.45, 2.75) is 101 Å². The van der Waals surface area contributed by atoms with Crippen LogP contribution in [0.25, 0.3) is 0 Å².